The van der Waals surface area contributed by atoms with Crippen LogP contribution < -0.4 is 14.8 Å². The smallest absolute Gasteiger partial charge is 0.161 e. The average molecular weight is 295 g/mol. The third-order valence-corrected chi connectivity index (χ3v) is 3.80. The van der Waals surface area contributed by atoms with Gasteiger partial charge in [0, 0.05) is 12.2 Å². The van der Waals surface area contributed by atoms with Crippen LogP contribution in [-0.4, -0.2) is 22.6 Å². The van der Waals surface area contributed by atoms with Gasteiger partial charge in [-0.05, 0) is 36.8 Å². The molecule has 4 rings (SSSR count). The summed E-state index contributed by atoms with van der Waals surface area (Å²) in [5.41, 5.74) is 3.25. The molecular formula is C17H17N3O2. The zero-order chi connectivity index (χ0) is 14.9. The third-order valence-electron chi connectivity index (χ3n) is 3.80. The molecule has 0 aliphatic carbocycles. The fourth-order valence-electron chi connectivity index (χ4n) is 2.72. The largest absolute Gasteiger partial charge is 0.486 e. The van der Waals surface area contributed by atoms with Crippen LogP contribution in [0.4, 0.5) is 5.82 Å². The average Bonchev–Trinajstić information content (AvgIpc) is 2.97. The number of fused-ring (bicyclic) bond motifs is 2. The fraction of sp³-hybridized carbons (Fsp3) is 0.235. The standard InChI is InChI=1S/C17H17N3O2/c1-12-3-2-4-16-19-11-17(20(12)16)18-10-13-5-6-14-15(9-13)22-8-7-21-14/h2-6,9,11,18H,7-8,10H2,1H3. The Balaban J connectivity index is 1.57. The van der Waals surface area contributed by atoms with Crippen LogP contribution in [0.25, 0.3) is 5.65 Å². The monoisotopic (exact) mass is 295 g/mol. The third kappa shape index (κ3) is 2.24. The molecule has 3 heterocycles. The zero-order valence-electron chi connectivity index (χ0n) is 12.4. The van der Waals surface area contributed by atoms with Crippen molar-refractivity contribution in [1.82, 2.24) is 9.38 Å². The van der Waals surface area contributed by atoms with E-state index in [0.29, 0.717) is 19.8 Å². The van der Waals surface area contributed by atoms with E-state index in [1.807, 2.05) is 30.5 Å². The summed E-state index contributed by atoms with van der Waals surface area (Å²) in [5.74, 6) is 2.63. The number of ether oxygens (including phenoxy) is 2. The van der Waals surface area contributed by atoms with Crippen molar-refractivity contribution in [2.75, 3.05) is 18.5 Å². The lowest BCUT2D eigenvalue weighted by Crippen LogP contribution is -2.15. The van der Waals surface area contributed by atoms with E-state index < -0.39 is 0 Å². The van der Waals surface area contributed by atoms with Gasteiger partial charge >= 0.3 is 0 Å². The Morgan fingerprint density at radius 1 is 1.14 bits per heavy atom. The van der Waals surface area contributed by atoms with Gasteiger partial charge in [0.2, 0.25) is 0 Å². The van der Waals surface area contributed by atoms with Crippen molar-refractivity contribution in [2.45, 2.75) is 13.5 Å². The summed E-state index contributed by atoms with van der Waals surface area (Å²) in [5, 5.41) is 3.44. The molecule has 0 bridgehead atoms. The minimum absolute atomic E-state index is 0.607. The molecule has 1 aliphatic heterocycles. The number of pyridine rings is 1. The normalized spacial score (nSPS) is 13.3. The second kappa shape index (κ2) is 5.26. The molecule has 0 radical (unpaired) electrons. The summed E-state index contributed by atoms with van der Waals surface area (Å²) in [6, 6.07) is 12.1. The van der Waals surface area contributed by atoms with E-state index in [-0.39, 0.29) is 0 Å². The Kier molecular flexibility index (Phi) is 3.11. The molecule has 2 aromatic heterocycles. The van der Waals surface area contributed by atoms with Gasteiger partial charge in [0.15, 0.2) is 11.5 Å². The predicted molar refractivity (Wildman–Crippen MR) is 84.7 cm³/mol. The van der Waals surface area contributed by atoms with Crippen LogP contribution in [0.15, 0.2) is 42.6 Å². The Hall–Kier alpha value is -2.69. The topological polar surface area (TPSA) is 47.8 Å². The van der Waals surface area contributed by atoms with Gasteiger partial charge in [-0.3, -0.25) is 4.40 Å². The summed E-state index contributed by atoms with van der Waals surface area (Å²) in [6.07, 6.45) is 1.86. The van der Waals surface area contributed by atoms with E-state index in [1.165, 1.54) is 0 Å². The van der Waals surface area contributed by atoms with Crippen LogP contribution in [0.3, 0.4) is 0 Å². The Labute approximate surface area is 128 Å². The highest BCUT2D eigenvalue weighted by Gasteiger charge is 2.12. The molecule has 22 heavy (non-hydrogen) atoms. The first kappa shape index (κ1) is 13.0. The molecule has 112 valence electrons. The van der Waals surface area contributed by atoms with E-state index in [2.05, 4.69) is 33.8 Å². The molecule has 5 nitrogen and oxygen atoms in total. The van der Waals surface area contributed by atoms with Crippen molar-refractivity contribution in [1.29, 1.82) is 0 Å². The highest BCUT2D eigenvalue weighted by Crippen LogP contribution is 2.31. The predicted octanol–water partition coefficient (Wildman–Crippen LogP) is 3.03. The first-order chi connectivity index (χ1) is 10.8. The molecule has 0 spiro atoms. The number of aryl methyl sites for hydroxylation is 1. The number of rotatable bonds is 3. The van der Waals surface area contributed by atoms with Crippen LogP contribution in [0.1, 0.15) is 11.3 Å². The van der Waals surface area contributed by atoms with Gasteiger partial charge in [0.25, 0.3) is 0 Å². The number of anilines is 1. The maximum atomic E-state index is 5.62. The first-order valence-corrected chi connectivity index (χ1v) is 7.37. The van der Waals surface area contributed by atoms with Crippen molar-refractivity contribution >= 4 is 11.5 Å². The number of aromatic nitrogens is 2. The molecule has 0 saturated carbocycles. The number of nitrogens with zero attached hydrogens (tertiary/aromatic N) is 2. The van der Waals surface area contributed by atoms with Gasteiger partial charge in [0.1, 0.15) is 24.7 Å². The maximum absolute atomic E-state index is 5.62. The van der Waals surface area contributed by atoms with Gasteiger partial charge in [-0.15, -0.1) is 0 Å². The zero-order valence-corrected chi connectivity index (χ0v) is 12.4. The van der Waals surface area contributed by atoms with E-state index in [1.54, 1.807) is 0 Å². The summed E-state index contributed by atoms with van der Waals surface area (Å²) < 4.78 is 13.3. The highest BCUT2D eigenvalue weighted by atomic mass is 16.6. The van der Waals surface area contributed by atoms with Gasteiger partial charge in [-0.1, -0.05) is 12.1 Å². The lowest BCUT2D eigenvalue weighted by atomic mass is 10.2. The van der Waals surface area contributed by atoms with Gasteiger partial charge in [0.05, 0.1) is 6.20 Å². The lowest BCUT2D eigenvalue weighted by molar-refractivity contribution is 0.171. The van der Waals surface area contributed by atoms with Crippen LogP contribution in [-0.2, 0) is 6.54 Å². The van der Waals surface area contributed by atoms with E-state index >= 15 is 0 Å². The van der Waals surface area contributed by atoms with Crippen molar-refractivity contribution in [3.05, 3.63) is 53.9 Å². The number of benzene rings is 1. The molecule has 5 heteroatoms. The van der Waals surface area contributed by atoms with E-state index in [9.17, 15) is 0 Å². The van der Waals surface area contributed by atoms with Crippen LogP contribution in [0, 0.1) is 6.92 Å². The number of hydrogen-bond acceptors (Lipinski definition) is 4. The summed E-state index contributed by atoms with van der Waals surface area (Å²) >= 11 is 0. The minimum Gasteiger partial charge on any atom is -0.486 e. The molecule has 3 aromatic rings. The molecule has 0 saturated heterocycles. The summed E-state index contributed by atoms with van der Waals surface area (Å²) in [7, 11) is 0. The highest BCUT2D eigenvalue weighted by molar-refractivity contribution is 5.52. The molecule has 1 aromatic carbocycles. The maximum Gasteiger partial charge on any atom is 0.161 e. The SMILES string of the molecule is Cc1cccc2ncc(NCc3ccc4c(c3)OCCO4)n12. The van der Waals surface area contributed by atoms with Crippen LogP contribution in [0.5, 0.6) is 11.5 Å². The van der Waals surface area contributed by atoms with Gasteiger partial charge in [-0.25, -0.2) is 4.98 Å². The molecule has 1 aliphatic rings. The van der Waals surface area contributed by atoms with Crippen molar-refractivity contribution < 1.29 is 9.47 Å². The molecular weight excluding hydrogens is 278 g/mol. The second-order valence-electron chi connectivity index (χ2n) is 5.34. The number of hydrogen-bond donors (Lipinski definition) is 1. The van der Waals surface area contributed by atoms with Gasteiger partial charge in [-0.2, -0.15) is 0 Å². The molecule has 1 N–H and O–H groups in total. The van der Waals surface area contributed by atoms with Crippen LogP contribution in [0.2, 0.25) is 0 Å². The van der Waals surface area contributed by atoms with Gasteiger partial charge < -0.3 is 14.8 Å². The van der Waals surface area contributed by atoms with Crippen LogP contribution >= 0.6 is 0 Å². The van der Waals surface area contributed by atoms with E-state index in [4.69, 9.17) is 9.47 Å². The lowest BCUT2D eigenvalue weighted by Gasteiger charge is -2.19. The number of imidazole rings is 1. The number of nitrogens with one attached hydrogen (secondary N) is 1. The van der Waals surface area contributed by atoms with Crippen molar-refractivity contribution in [3.8, 4) is 11.5 Å². The first-order valence-electron chi connectivity index (χ1n) is 7.37. The quantitative estimate of drug-likeness (QED) is 0.807. The minimum atomic E-state index is 0.607. The second-order valence-corrected chi connectivity index (χ2v) is 5.34. The summed E-state index contributed by atoms with van der Waals surface area (Å²) in [4.78, 5) is 4.42. The molecule has 0 amide bonds. The molecule has 0 unspecified atom stereocenters. The Morgan fingerprint density at radius 2 is 2.00 bits per heavy atom. The van der Waals surface area contributed by atoms with Crippen molar-refractivity contribution in [3.63, 3.8) is 0 Å². The fourth-order valence-corrected chi connectivity index (χ4v) is 2.72. The summed E-state index contributed by atoms with van der Waals surface area (Å²) in [6.45, 7) is 4.00. The molecule has 0 atom stereocenters. The molecule has 0 fully saturated rings. The Bertz CT molecular complexity index is 826. The van der Waals surface area contributed by atoms with Crippen molar-refractivity contribution in [2.24, 2.45) is 0 Å². The Morgan fingerprint density at radius 3 is 2.91 bits per heavy atom. The van der Waals surface area contributed by atoms with E-state index in [0.717, 1.165) is 34.2 Å².